The Bertz CT molecular complexity index is 403. The summed E-state index contributed by atoms with van der Waals surface area (Å²) < 4.78 is 16.7. The van der Waals surface area contributed by atoms with Crippen LogP contribution in [-0.2, 0) is 14.2 Å². The molecule has 0 bridgehead atoms. The van der Waals surface area contributed by atoms with Crippen molar-refractivity contribution in [1.29, 1.82) is 0 Å². The molecule has 3 fully saturated rings. The topological polar surface area (TPSA) is 68.8 Å². The maximum Gasteiger partial charge on any atom is 0.407 e. The number of fused-ring (bicyclic) bond motifs is 1. The Balaban J connectivity index is 1.57. The second-order valence-electron chi connectivity index (χ2n) is 7.57. The van der Waals surface area contributed by atoms with Crippen molar-refractivity contribution < 1.29 is 19.0 Å². The zero-order chi connectivity index (χ0) is 15.7. The monoisotopic (exact) mass is 312 g/mol. The highest BCUT2D eigenvalue weighted by molar-refractivity contribution is 5.68. The van der Waals surface area contributed by atoms with Crippen LogP contribution < -0.4 is 10.6 Å². The first kappa shape index (κ1) is 16.0. The van der Waals surface area contributed by atoms with E-state index in [2.05, 4.69) is 10.6 Å². The molecule has 0 aromatic heterocycles. The third-order valence-corrected chi connectivity index (χ3v) is 4.66. The third-order valence-electron chi connectivity index (χ3n) is 4.66. The number of carbonyl (C=O) groups excluding carboxylic acids is 1. The summed E-state index contributed by atoms with van der Waals surface area (Å²) in [5.41, 5.74) is -0.473. The van der Waals surface area contributed by atoms with Crippen LogP contribution in [-0.4, -0.2) is 55.7 Å². The van der Waals surface area contributed by atoms with Gasteiger partial charge in [-0.3, -0.25) is 0 Å². The Morgan fingerprint density at radius 1 is 1.18 bits per heavy atom. The molecule has 3 rings (SSSR count). The van der Waals surface area contributed by atoms with Crippen molar-refractivity contribution in [3.8, 4) is 0 Å². The molecule has 3 aliphatic rings. The highest BCUT2D eigenvalue weighted by Crippen LogP contribution is 2.39. The Morgan fingerprint density at radius 3 is 2.68 bits per heavy atom. The maximum atomic E-state index is 12.1. The van der Waals surface area contributed by atoms with Crippen LogP contribution in [0.15, 0.2) is 0 Å². The number of hydrogen-bond acceptors (Lipinski definition) is 5. The van der Waals surface area contributed by atoms with Crippen molar-refractivity contribution in [1.82, 2.24) is 10.6 Å². The number of amides is 1. The minimum Gasteiger partial charge on any atom is -0.444 e. The molecule has 6 heteroatoms. The van der Waals surface area contributed by atoms with Crippen LogP contribution in [0.4, 0.5) is 4.79 Å². The average Bonchev–Trinajstić information content (AvgIpc) is 2.86. The summed E-state index contributed by atoms with van der Waals surface area (Å²) in [6.45, 7) is 8.01. The number of ether oxygens (including phenoxy) is 3. The molecule has 0 aromatic rings. The Hall–Kier alpha value is -0.850. The molecule has 2 aliphatic heterocycles. The number of nitrogens with one attached hydrogen (secondary N) is 2. The number of hydrogen-bond donors (Lipinski definition) is 2. The lowest BCUT2D eigenvalue weighted by Crippen LogP contribution is -2.72. The van der Waals surface area contributed by atoms with E-state index in [1.54, 1.807) is 0 Å². The molecule has 6 nitrogen and oxygen atoms in total. The van der Waals surface area contributed by atoms with Crippen molar-refractivity contribution in [2.75, 3.05) is 19.8 Å². The molecule has 22 heavy (non-hydrogen) atoms. The molecular formula is C16H28N2O4. The summed E-state index contributed by atoms with van der Waals surface area (Å²) in [6.07, 6.45) is 3.08. The molecule has 5 atom stereocenters. The SMILES string of the molecule is CC(C)(C)OC(=O)NC1C2CCOC2C1NC1CCCOC1. The molecule has 0 radical (unpaired) electrons. The molecule has 2 N–H and O–H groups in total. The number of carbonyl (C=O) groups is 1. The standard InChI is InChI=1S/C16H28N2O4/c1-16(2,3)22-15(19)18-12-11-6-8-21-14(11)13(12)17-10-5-4-7-20-9-10/h10-14,17H,4-9H2,1-3H3,(H,18,19). The summed E-state index contributed by atoms with van der Waals surface area (Å²) in [4.78, 5) is 12.1. The number of alkyl carbamates (subject to hydrolysis) is 1. The number of rotatable bonds is 3. The van der Waals surface area contributed by atoms with E-state index in [0.29, 0.717) is 12.0 Å². The van der Waals surface area contributed by atoms with Gasteiger partial charge in [0.15, 0.2) is 0 Å². The second kappa shape index (κ2) is 6.34. The van der Waals surface area contributed by atoms with Crippen molar-refractivity contribution in [2.24, 2.45) is 5.92 Å². The third kappa shape index (κ3) is 3.55. The zero-order valence-electron chi connectivity index (χ0n) is 13.8. The van der Waals surface area contributed by atoms with Gasteiger partial charge in [-0.1, -0.05) is 0 Å². The fourth-order valence-corrected chi connectivity index (χ4v) is 3.69. The highest BCUT2D eigenvalue weighted by atomic mass is 16.6. The molecule has 2 saturated heterocycles. The first-order valence-corrected chi connectivity index (χ1v) is 8.39. The van der Waals surface area contributed by atoms with Crippen LogP contribution in [0, 0.1) is 5.92 Å². The minimum atomic E-state index is -0.473. The van der Waals surface area contributed by atoms with Gasteiger partial charge in [0.05, 0.1) is 24.8 Å². The van der Waals surface area contributed by atoms with Gasteiger partial charge in [-0.25, -0.2) is 4.79 Å². The lowest BCUT2D eigenvalue weighted by molar-refractivity contribution is -0.0461. The van der Waals surface area contributed by atoms with Crippen molar-refractivity contribution in [2.45, 2.75) is 69.9 Å². The molecule has 5 unspecified atom stereocenters. The fraction of sp³-hybridized carbons (Fsp3) is 0.938. The summed E-state index contributed by atoms with van der Waals surface area (Å²) >= 11 is 0. The fourth-order valence-electron chi connectivity index (χ4n) is 3.69. The van der Waals surface area contributed by atoms with Crippen LogP contribution in [0.1, 0.15) is 40.0 Å². The molecule has 0 aromatic carbocycles. The smallest absolute Gasteiger partial charge is 0.407 e. The van der Waals surface area contributed by atoms with Crippen LogP contribution in [0.5, 0.6) is 0 Å². The quantitative estimate of drug-likeness (QED) is 0.825. The zero-order valence-corrected chi connectivity index (χ0v) is 13.8. The van der Waals surface area contributed by atoms with E-state index >= 15 is 0 Å². The minimum absolute atomic E-state index is 0.0873. The Labute approximate surface area is 132 Å². The summed E-state index contributed by atoms with van der Waals surface area (Å²) in [7, 11) is 0. The van der Waals surface area contributed by atoms with Gasteiger partial charge < -0.3 is 24.8 Å². The van der Waals surface area contributed by atoms with Crippen molar-refractivity contribution in [3.05, 3.63) is 0 Å². The molecule has 2 heterocycles. The molecule has 1 saturated carbocycles. The van der Waals surface area contributed by atoms with Gasteiger partial charge in [0.1, 0.15) is 5.60 Å². The van der Waals surface area contributed by atoms with Crippen LogP contribution in [0.25, 0.3) is 0 Å². The van der Waals surface area contributed by atoms with Crippen molar-refractivity contribution in [3.63, 3.8) is 0 Å². The summed E-state index contributed by atoms with van der Waals surface area (Å²) in [6, 6.07) is 0.600. The van der Waals surface area contributed by atoms with Gasteiger partial charge in [-0.2, -0.15) is 0 Å². The Morgan fingerprint density at radius 2 is 2.00 bits per heavy atom. The van der Waals surface area contributed by atoms with Crippen LogP contribution in [0.2, 0.25) is 0 Å². The predicted octanol–water partition coefficient (Wildman–Crippen LogP) is 1.44. The van der Waals surface area contributed by atoms with E-state index in [4.69, 9.17) is 14.2 Å². The normalized spacial score (nSPS) is 38.0. The van der Waals surface area contributed by atoms with Gasteiger partial charge >= 0.3 is 6.09 Å². The van der Waals surface area contributed by atoms with E-state index in [0.717, 1.165) is 39.1 Å². The summed E-state index contributed by atoms with van der Waals surface area (Å²) in [5.74, 6) is 0.398. The largest absolute Gasteiger partial charge is 0.444 e. The predicted molar refractivity (Wildman–Crippen MR) is 81.8 cm³/mol. The van der Waals surface area contributed by atoms with E-state index < -0.39 is 5.60 Å². The average molecular weight is 312 g/mol. The van der Waals surface area contributed by atoms with E-state index in [1.807, 2.05) is 20.8 Å². The maximum absolute atomic E-state index is 12.1. The molecule has 1 amide bonds. The molecule has 126 valence electrons. The van der Waals surface area contributed by atoms with E-state index in [1.165, 1.54) is 0 Å². The van der Waals surface area contributed by atoms with Gasteiger partial charge in [-0.15, -0.1) is 0 Å². The van der Waals surface area contributed by atoms with E-state index in [-0.39, 0.29) is 24.3 Å². The van der Waals surface area contributed by atoms with Gasteiger partial charge in [0.2, 0.25) is 0 Å². The van der Waals surface area contributed by atoms with Gasteiger partial charge in [-0.05, 0) is 40.0 Å². The molecule has 1 aliphatic carbocycles. The highest BCUT2D eigenvalue weighted by Gasteiger charge is 2.55. The molecular weight excluding hydrogens is 284 g/mol. The first-order chi connectivity index (χ1) is 10.4. The van der Waals surface area contributed by atoms with Crippen molar-refractivity contribution >= 4 is 6.09 Å². The molecule has 0 spiro atoms. The van der Waals surface area contributed by atoms with E-state index in [9.17, 15) is 4.79 Å². The van der Waals surface area contributed by atoms with Gasteiger partial charge in [0, 0.05) is 25.2 Å². The first-order valence-electron chi connectivity index (χ1n) is 8.39. The summed E-state index contributed by atoms with van der Waals surface area (Å²) in [5, 5.41) is 6.66. The lowest BCUT2D eigenvalue weighted by Gasteiger charge is -2.49. The van der Waals surface area contributed by atoms with Crippen LogP contribution in [0.3, 0.4) is 0 Å². The second-order valence-corrected chi connectivity index (χ2v) is 7.57. The van der Waals surface area contributed by atoms with Gasteiger partial charge in [0.25, 0.3) is 0 Å². The van der Waals surface area contributed by atoms with Crippen LogP contribution >= 0.6 is 0 Å². The Kier molecular flexibility index (Phi) is 4.61. The lowest BCUT2D eigenvalue weighted by atomic mass is 9.71.